The Labute approximate surface area is 179 Å². The molecule has 0 saturated carbocycles. The third kappa shape index (κ3) is 8.31. The summed E-state index contributed by atoms with van der Waals surface area (Å²) in [6.07, 6.45) is 11.3. The summed E-state index contributed by atoms with van der Waals surface area (Å²) in [6.45, 7) is 13.3. The highest BCUT2D eigenvalue weighted by atomic mass is 16.7. The highest BCUT2D eigenvalue weighted by molar-refractivity contribution is 5.79. The van der Waals surface area contributed by atoms with Crippen molar-refractivity contribution in [3.05, 3.63) is 36.8 Å². The highest BCUT2D eigenvalue weighted by Gasteiger charge is 2.19. The fourth-order valence-electron chi connectivity index (χ4n) is 2.73. The van der Waals surface area contributed by atoms with Crippen LogP contribution < -0.4 is 0 Å². The lowest BCUT2D eigenvalue weighted by Gasteiger charge is -2.27. The van der Waals surface area contributed by atoms with Gasteiger partial charge in [0.2, 0.25) is 5.91 Å². The van der Waals surface area contributed by atoms with Gasteiger partial charge in [0.15, 0.2) is 0 Å². The molecule has 30 heavy (non-hydrogen) atoms. The van der Waals surface area contributed by atoms with Gasteiger partial charge in [-0.25, -0.2) is 4.79 Å². The van der Waals surface area contributed by atoms with E-state index in [0.717, 1.165) is 6.54 Å². The van der Waals surface area contributed by atoms with Gasteiger partial charge in [0.1, 0.15) is 6.26 Å². The van der Waals surface area contributed by atoms with Crippen LogP contribution in [-0.4, -0.2) is 64.0 Å². The Morgan fingerprint density at radius 2 is 1.30 bits per heavy atom. The van der Waals surface area contributed by atoms with Crippen molar-refractivity contribution in [2.75, 3.05) is 13.1 Å². The number of cyclic esters (lactones) is 1. The van der Waals surface area contributed by atoms with Gasteiger partial charge in [-0.05, 0) is 53.7 Å². The standard InChI is InChI=1S/C8H13NO.2C7H11NO2/c1-7(2)9-6-4-3-5-8(9)10;1-6(2)8-4-3-5-10-7(8)9;1-6(2)8-7(9)4-3-5-10-8/h3-4,7H,5-6H2,1-2H3;2*3,5-6H,4H2,1-2H3. The van der Waals surface area contributed by atoms with Crippen LogP contribution in [0.3, 0.4) is 0 Å². The molecular weight excluding hydrogens is 386 g/mol. The van der Waals surface area contributed by atoms with Crippen LogP contribution >= 0.6 is 0 Å². The van der Waals surface area contributed by atoms with Crippen LogP contribution in [0.15, 0.2) is 36.8 Å². The van der Waals surface area contributed by atoms with Gasteiger partial charge in [-0.2, -0.15) is 5.06 Å². The number of carbonyl (C=O) groups excluding carboxylic acids is 3. The minimum atomic E-state index is -0.252. The fourth-order valence-corrected chi connectivity index (χ4v) is 2.73. The molecule has 0 saturated heterocycles. The van der Waals surface area contributed by atoms with E-state index in [0.29, 0.717) is 25.4 Å². The summed E-state index contributed by atoms with van der Waals surface area (Å²) >= 11 is 0. The molecule has 0 N–H and O–H groups in total. The molecule has 0 spiro atoms. The summed E-state index contributed by atoms with van der Waals surface area (Å²) in [7, 11) is 0. The van der Waals surface area contributed by atoms with Crippen LogP contribution in [0.4, 0.5) is 4.79 Å². The SMILES string of the molecule is CC(C)N1CC=CCC1=O.CC(C)N1CC=COC1=O.CC(C)N1OC=CCC1=O. The summed E-state index contributed by atoms with van der Waals surface area (Å²) in [5, 5.41) is 1.38. The molecular formula is C22H35N3O5. The lowest BCUT2D eigenvalue weighted by Crippen LogP contribution is -2.38. The molecule has 0 atom stereocenters. The van der Waals surface area contributed by atoms with Gasteiger partial charge in [-0.1, -0.05) is 12.2 Å². The van der Waals surface area contributed by atoms with Crippen LogP contribution in [0.5, 0.6) is 0 Å². The molecule has 0 aromatic heterocycles. The van der Waals surface area contributed by atoms with Crippen LogP contribution in [0.25, 0.3) is 0 Å². The van der Waals surface area contributed by atoms with Crippen molar-refractivity contribution in [1.29, 1.82) is 0 Å². The van der Waals surface area contributed by atoms with Crippen LogP contribution in [0.2, 0.25) is 0 Å². The molecule has 3 aliphatic heterocycles. The third-order valence-corrected chi connectivity index (χ3v) is 4.41. The molecule has 0 radical (unpaired) electrons. The second-order valence-electron chi connectivity index (χ2n) is 7.81. The van der Waals surface area contributed by atoms with Gasteiger partial charge < -0.3 is 19.4 Å². The molecule has 0 bridgehead atoms. The number of hydrogen-bond acceptors (Lipinski definition) is 5. The lowest BCUT2D eigenvalue weighted by atomic mass is 10.2. The van der Waals surface area contributed by atoms with E-state index in [9.17, 15) is 14.4 Å². The van der Waals surface area contributed by atoms with E-state index >= 15 is 0 Å². The quantitative estimate of drug-likeness (QED) is 0.651. The molecule has 0 aromatic rings. The van der Waals surface area contributed by atoms with Crippen LogP contribution in [-0.2, 0) is 19.2 Å². The Balaban J connectivity index is 0.000000225. The second-order valence-corrected chi connectivity index (χ2v) is 7.81. The fraction of sp³-hybridized carbons (Fsp3) is 0.591. The predicted octanol–water partition coefficient (Wildman–Crippen LogP) is 3.62. The summed E-state index contributed by atoms with van der Waals surface area (Å²) in [5.74, 6) is 0.273. The van der Waals surface area contributed by atoms with Crippen LogP contribution in [0, 0.1) is 0 Å². The Bertz CT molecular complexity index is 577. The molecule has 3 rings (SSSR count). The Morgan fingerprint density at radius 3 is 1.70 bits per heavy atom. The van der Waals surface area contributed by atoms with Gasteiger partial charge in [0.25, 0.3) is 5.91 Å². The molecule has 0 fully saturated rings. The minimum Gasteiger partial charge on any atom is -0.418 e. The number of rotatable bonds is 3. The first-order valence-electron chi connectivity index (χ1n) is 10.4. The van der Waals surface area contributed by atoms with Crippen molar-refractivity contribution in [3.63, 3.8) is 0 Å². The second kappa shape index (κ2) is 12.7. The van der Waals surface area contributed by atoms with Crippen molar-refractivity contribution >= 4 is 17.9 Å². The molecule has 0 aromatic carbocycles. The molecule has 3 heterocycles. The van der Waals surface area contributed by atoms with E-state index < -0.39 is 0 Å². The Hall–Kier alpha value is -2.77. The summed E-state index contributed by atoms with van der Waals surface area (Å²) in [6, 6.07) is 0.687. The van der Waals surface area contributed by atoms with Crippen molar-refractivity contribution in [3.8, 4) is 0 Å². The maximum atomic E-state index is 11.1. The van der Waals surface area contributed by atoms with Gasteiger partial charge >= 0.3 is 6.09 Å². The smallest absolute Gasteiger partial charge is 0.415 e. The summed E-state index contributed by atoms with van der Waals surface area (Å²) in [5.41, 5.74) is 0. The van der Waals surface area contributed by atoms with Gasteiger partial charge in [-0.15, -0.1) is 0 Å². The molecule has 0 aliphatic carbocycles. The van der Waals surface area contributed by atoms with Gasteiger partial charge in [-0.3, -0.25) is 9.59 Å². The number of hydrogen-bond donors (Lipinski definition) is 0. The topological polar surface area (TPSA) is 79.4 Å². The first-order valence-corrected chi connectivity index (χ1v) is 10.4. The maximum Gasteiger partial charge on any atom is 0.415 e. The Kier molecular flexibility index (Phi) is 10.7. The van der Waals surface area contributed by atoms with Crippen molar-refractivity contribution < 1.29 is 24.0 Å². The summed E-state index contributed by atoms with van der Waals surface area (Å²) in [4.78, 5) is 41.5. The Morgan fingerprint density at radius 1 is 0.700 bits per heavy atom. The average Bonchev–Trinajstić information content (AvgIpc) is 2.69. The molecule has 3 amide bonds. The van der Waals surface area contributed by atoms with E-state index in [1.165, 1.54) is 11.3 Å². The van der Waals surface area contributed by atoms with E-state index in [2.05, 4.69) is 4.74 Å². The normalized spacial score (nSPS) is 18.2. The van der Waals surface area contributed by atoms with E-state index in [-0.39, 0.29) is 30.0 Å². The molecule has 8 nitrogen and oxygen atoms in total. The zero-order chi connectivity index (χ0) is 22.7. The number of amides is 3. The number of hydroxylamine groups is 2. The van der Waals surface area contributed by atoms with E-state index in [1.54, 1.807) is 17.2 Å². The highest BCUT2D eigenvalue weighted by Crippen LogP contribution is 2.09. The summed E-state index contributed by atoms with van der Waals surface area (Å²) < 4.78 is 4.66. The lowest BCUT2D eigenvalue weighted by molar-refractivity contribution is -0.177. The molecule has 168 valence electrons. The number of nitrogens with zero attached hydrogens (tertiary/aromatic N) is 3. The predicted molar refractivity (Wildman–Crippen MR) is 115 cm³/mol. The monoisotopic (exact) mass is 421 g/mol. The zero-order valence-electron chi connectivity index (χ0n) is 18.9. The number of ether oxygens (including phenoxy) is 1. The molecule has 0 unspecified atom stereocenters. The third-order valence-electron chi connectivity index (χ3n) is 4.41. The largest absolute Gasteiger partial charge is 0.418 e. The molecule has 8 heteroatoms. The van der Waals surface area contributed by atoms with Crippen molar-refractivity contribution in [1.82, 2.24) is 14.9 Å². The maximum absolute atomic E-state index is 11.1. The van der Waals surface area contributed by atoms with Crippen molar-refractivity contribution in [2.24, 2.45) is 0 Å². The van der Waals surface area contributed by atoms with Crippen molar-refractivity contribution in [2.45, 2.75) is 72.5 Å². The minimum absolute atomic E-state index is 0.0255. The van der Waals surface area contributed by atoms with E-state index in [1.807, 2.05) is 64.7 Å². The molecule has 3 aliphatic rings. The van der Waals surface area contributed by atoms with Gasteiger partial charge in [0, 0.05) is 31.6 Å². The first-order chi connectivity index (χ1) is 14.1. The zero-order valence-corrected chi connectivity index (χ0v) is 18.9. The van der Waals surface area contributed by atoms with Crippen LogP contribution in [0.1, 0.15) is 54.4 Å². The average molecular weight is 422 g/mol. The van der Waals surface area contributed by atoms with E-state index in [4.69, 9.17) is 4.84 Å². The first kappa shape index (κ1) is 25.3. The number of carbonyl (C=O) groups is 3. The van der Waals surface area contributed by atoms with Gasteiger partial charge in [0.05, 0.1) is 18.7 Å².